The molecule has 0 spiro atoms. The molecule has 1 aliphatic rings. The van der Waals surface area contributed by atoms with Crippen molar-refractivity contribution < 1.29 is 27.9 Å². The molecular formula is C19H16F3NO3S. The number of alkyl halides is 3. The fourth-order valence-electron chi connectivity index (χ4n) is 3.07. The number of hydrogen-bond donors (Lipinski definition) is 1. The molecule has 1 unspecified atom stereocenters. The quantitative estimate of drug-likeness (QED) is 0.797. The van der Waals surface area contributed by atoms with Crippen molar-refractivity contribution in [3.63, 3.8) is 0 Å². The highest BCUT2D eigenvalue weighted by Gasteiger charge is 2.45. The van der Waals surface area contributed by atoms with Crippen molar-refractivity contribution in [1.82, 2.24) is 0 Å². The van der Waals surface area contributed by atoms with Gasteiger partial charge in [0.1, 0.15) is 6.04 Å². The first-order valence-corrected chi connectivity index (χ1v) is 9.06. The van der Waals surface area contributed by atoms with Crippen LogP contribution in [0.3, 0.4) is 0 Å². The fraction of sp³-hybridized carbons (Fsp3) is 0.263. The molecule has 1 aromatic heterocycles. The molecule has 1 N–H and O–H groups in total. The molecule has 27 heavy (non-hydrogen) atoms. The predicted octanol–water partition coefficient (Wildman–Crippen LogP) is 4.95. The van der Waals surface area contributed by atoms with Gasteiger partial charge in [0.05, 0.1) is 11.1 Å². The molecule has 1 amide bonds. The first-order chi connectivity index (χ1) is 12.7. The standard InChI is InChI=1S/C19H16F3NO3S/c1-3-13(24)14-15(17-10(2)8-9-27-17)23(18(26)16(14)25)12-6-4-11(5-7-12)19(20,21)22/h4-9,15,25H,3H2,1-2H3. The number of aliphatic hydroxyl groups excluding tert-OH is 1. The van der Waals surface area contributed by atoms with E-state index in [1.807, 2.05) is 13.0 Å². The second kappa shape index (κ2) is 6.84. The third kappa shape index (κ3) is 3.25. The Morgan fingerprint density at radius 3 is 2.33 bits per heavy atom. The van der Waals surface area contributed by atoms with E-state index >= 15 is 0 Å². The Kier molecular flexibility index (Phi) is 4.86. The summed E-state index contributed by atoms with van der Waals surface area (Å²) in [5.74, 6) is -1.84. The maximum Gasteiger partial charge on any atom is 0.416 e. The van der Waals surface area contributed by atoms with E-state index in [0.29, 0.717) is 4.88 Å². The average molecular weight is 395 g/mol. The number of carbonyl (C=O) groups is 2. The van der Waals surface area contributed by atoms with Crippen LogP contribution >= 0.6 is 11.3 Å². The van der Waals surface area contributed by atoms with Gasteiger partial charge in [0, 0.05) is 17.0 Å². The molecule has 0 aliphatic carbocycles. The normalized spacial score (nSPS) is 17.7. The van der Waals surface area contributed by atoms with Crippen LogP contribution in [0.25, 0.3) is 0 Å². The molecular weight excluding hydrogens is 379 g/mol. The summed E-state index contributed by atoms with van der Waals surface area (Å²) in [6.45, 7) is 3.43. The van der Waals surface area contributed by atoms with Crippen LogP contribution < -0.4 is 4.90 Å². The van der Waals surface area contributed by atoms with E-state index in [0.717, 1.165) is 17.7 Å². The molecule has 4 nitrogen and oxygen atoms in total. The number of benzene rings is 1. The molecule has 3 rings (SSSR count). The Morgan fingerprint density at radius 1 is 1.22 bits per heavy atom. The van der Waals surface area contributed by atoms with Crippen LogP contribution in [-0.2, 0) is 15.8 Å². The van der Waals surface area contributed by atoms with Crippen molar-refractivity contribution in [2.24, 2.45) is 0 Å². The summed E-state index contributed by atoms with van der Waals surface area (Å²) >= 11 is 1.32. The van der Waals surface area contributed by atoms with Crippen LogP contribution in [0.4, 0.5) is 18.9 Å². The van der Waals surface area contributed by atoms with Gasteiger partial charge in [-0.3, -0.25) is 14.5 Å². The number of anilines is 1. The van der Waals surface area contributed by atoms with Crippen LogP contribution in [0.1, 0.15) is 35.4 Å². The number of thiophene rings is 1. The number of amides is 1. The molecule has 142 valence electrons. The van der Waals surface area contributed by atoms with E-state index in [4.69, 9.17) is 0 Å². The molecule has 0 bridgehead atoms. The van der Waals surface area contributed by atoms with Gasteiger partial charge in [0.25, 0.3) is 5.91 Å². The minimum absolute atomic E-state index is 0.0204. The Morgan fingerprint density at radius 2 is 1.85 bits per heavy atom. The zero-order valence-electron chi connectivity index (χ0n) is 14.5. The van der Waals surface area contributed by atoms with Crippen LogP contribution in [0.15, 0.2) is 47.0 Å². The number of aryl methyl sites for hydroxylation is 1. The highest BCUT2D eigenvalue weighted by atomic mass is 32.1. The number of rotatable bonds is 4. The average Bonchev–Trinajstić information content (AvgIpc) is 3.15. The molecule has 1 aliphatic heterocycles. The van der Waals surface area contributed by atoms with E-state index < -0.39 is 29.4 Å². The van der Waals surface area contributed by atoms with Crippen LogP contribution in [0.5, 0.6) is 0 Å². The molecule has 0 saturated carbocycles. The molecule has 0 fully saturated rings. The highest BCUT2D eigenvalue weighted by Crippen LogP contribution is 2.44. The second-order valence-electron chi connectivity index (χ2n) is 6.13. The van der Waals surface area contributed by atoms with E-state index in [1.54, 1.807) is 12.3 Å². The minimum atomic E-state index is -4.50. The second-order valence-corrected chi connectivity index (χ2v) is 7.08. The monoisotopic (exact) mass is 395 g/mol. The SMILES string of the molecule is CCC(=O)C1=C(O)C(=O)N(c2ccc(C(F)(F)F)cc2)C1c1sccc1C. The largest absolute Gasteiger partial charge is 0.503 e. The van der Waals surface area contributed by atoms with Crippen molar-refractivity contribution in [3.05, 3.63) is 63.0 Å². The van der Waals surface area contributed by atoms with E-state index in [1.165, 1.54) is 28.4 Å². The Labute approximate surface area is 157 Å². The third-order valence-corrected chi connectivity index (χ3v) is 5.52. The lowest BCUT2D eigenvalue weighted by Gasteiger charge is -2.26. The van der Waals surface area contributed by atoms with Crippen molar-refractivity contribution in [1.29, 1.82) is 0 Å². The lowest BCUT2D eigenvalue weighted by Crippen LogP contribution is -2.31. The van der Waals surface area contributed by atoms with Gasteiger partial charge in [-0.15, -0.1) is 11.3 Å². The van der Waals surface area contributed by atoms with Crippen molar-refractivity contribution >= 4 is 28.7 Å². The molecule has 0 saturated heterocycles. The first kappa shape index (κ1) is 19.2. The Balaban J connectivity index is 2.12. The van der Waals surface area contributed by atoms with Gasteiger partial charge in [-0.05, 0) is 48.2 Å². The summed E-state index contributed by atoms with van der Waals surface area (Å²) in [4.78, 5) is 27.0. The summed E-state index contributed by atoms with van der Waals surface area (Å²) in [5, 5.41) is 12.1. The van der Waals surface area contributed by atoms with Gasteiger partial charge in [-0.2, -0.15) is 13.2 Å². The number of hydrogen-bond acceptors (Lipinski definition) is 4. The first-order valence-electron chi connectivity index (χ1n) is 8.18. The molecule has 2 heterocycles. The summed E-state index contributed by atoms with van der Waals surface area (Å²) in [6, 6.07) is 5.04. The van der Waals surface area contributed by atoms with Gasteiger partial charge < -0.3 is 5.11 Å². The molecule has 2 aromatic rings. The number of nitrogens with zero attached hydrogens (tertiary/aromatic N) is 1. The Hall–Kier alpha value is -2.61. The van der Waals surface area contributed by atoms with Gasteiger partial charge in [0.15, 0.2) is 11.5 Å². The lowest BCUT2D eigenvalue weighted by atomic mass is 9.98. The lowest BCUT2D eigenvalue weighted by molar-refractivity contribution is -0.137. The fourth-order valence-corrected chi connectivity index (χ4v) is 4.10. The predicted molar refractivity (Wildman–Crippen MR) is 95.7 cm³/mol. The summed E-state index contributed by atoms with van der Waals surface area (Å²) in [5.41, 5.74) is 0.138. The van der Waals surface area contributed by atoms with Gasteiger partial charge in [-0.1, -0.05) is 6.92 Å². The zero-order valence-corrected chi connectivity index (χ0v) is 15.3. The molecule has 0 radical (unpaired) electrons. The molecule has 8 heteroatoms. The maximum absolute atomic E-state index is 12.8. The number of ketones is 1. The number of halogens is 3. The number of aliphatic hydroxyl groups is 1. The van der Waals surface area contributed by atoms with Crippen molar-refractivity contribution in [3.8, 4) is 0 Å². The van der Waals surface area contributed by atoms with Crippen molar-refractivity contribution in [2.75, 3.05) is 4.90 Å². The summed E-state index contributed by atoms with van der Waals surface area (Å²) < 4.78 is 38.5. The third-order valence-electron chi connectivity index (χ3n) is 4.45. The van der Waals surface area contributed by atoms with Crippen LogP contribution in [0.2, 0.25) is 0 Å². The zero-order chi connectivity index (χ0) is 19.9. The van der Waals surface area contributed by atoms with E-state index in [9.17, 15) is 27.9 Å². The minimum Gasteiger partial charge on any atom is -0.503 e. The summed E-state index contributed by atoms with van der Waals surface area (Å²) in [6.07, 6.45) is -4.41. The van der Waals surface area contributed by atoms with E-state index in [-0.39, 0.29) is 23.5 Å². The summed E-state index contributed by atoms with van der Waals surface area (Å²) in [7, 11) is 0. The van der Waals surface area contributed by atoms with E-state index in [2.05, 4.69) is 0 Å². The Bertz CT molecular complexity index is 928. The smallest absolute Gasteiger partial charge is 0.416 e. The van der Waals surface area contributed by atoms with Gasteiger partial charge in [-0.25, -0.2) is 0 Å². The van der Waals surface area contributed by atoms with Crippen LogP contribution in [-0.4, -0.2) is 16.8 Å². The maximum atomic E-state index is 12.8. The topological polar surface area (TPSA) is 57.6 Å². The van der Waals surface area contributed by atoms with Gasteiger partial charge in [0.2, 0.25) is 0 Å². The van der Waals surface area contributed by atoms with Crippen LogP contribution in [0, 0.1) is 6.92 Å². The van der Waals surface area contributed by atoms with Crippen molar-refractivity contribution in [2.45, 2.75) is 32.5 Å². The molecule has 1 atom stereocenters. The van der Waals surface area contributed by atoms with Gasteiger partial charge >= 0.3 is 6.18 Å². The number of carbonyl (C=O) groups excluding carboxylic acids is 2. The number of Topliss-reactive ketones (excluding diaryl/α,β-unsaturated/α-hetero) is 1. The highest BCUT2D eigenvalue weighted by molar-refractivity contribution is 7.10. The molecule has 1 aromatic carbocycles.